The molecular weight excluding hydrogens is 393 g/mol. The van der Waals surface area contributed by atoms with Gasteiger partial charge in [-0.05, 0) is 54.8 Å². The highest BCUT2D eigenvalue weighted by Crippen LogP contribution is 2.45. The van der Waals surface area contributed by atoms with Gasteiger partial charge in [-0.3, -0.25) is 0 Å². The first-order chi connectivity index (χ1) is 14.3. The molecule has 0 unspecified atom stereocenters. The van der Waals surface area contributed by atoms with E-state index in [0.717, 1.165) is 36.2 Å². The summed E-state index contributed by atoms with van der Waals surface area (Å²) < 4.78 is 48.8. The normalized spacial score (nSPS) is 24.0. The Balaban J connectivity index is 1.74. The van der Waals surface area contributed by atoms with Crippen molar-refractivity contribution < 1.29 is 22.6 Å². The van der Waals surface area contributed by atoms with Crippen LogP contribution in [0.15, 0.2) is 54.6 Å². The van der Waals surface area contributed by atoms with Crippen molar-refractivity contribution in [2.75, 3.05) is 32.1 Å². The first kappa shape index (κ1) is 20.8. The molecule has 0 amide bonds. The monoisotopic (exact) mass is 418 g/mol. The van der Waals surface area contributed by atoms with Gasteiger partial charge in [0.05, 0.1) is 12.6 Å². The zero-order chi connectivity index (χ0) is 21.4. The first-order valence-corrected chi connectivity index (χ1v) is 9.99. The minimum atomic E-state index is -4.73. The molecule has 2 aliphatic heterocycles. The van der Waals surface area contributed by atoms with Crippen LogP contribution >= 0.6 is 0 Å². The van der Waals surface area contributed by atoms with Crippen LogP contribution in [0.2, 0.25) is 0 Å². The van der Waals surface area contributed by atoms with E-state index in [0.29, 0.717) is 12.2 Å². The van der Waals surface area contributed by atoms with Gasteiger partial charge in [0.1, 0.15) is 11.4 Å². The van der Waals surface area contributed by atoms with Gasteiger partial charge in [-0.25, -0.2) is 0 Å². The van der Waals surface area contributed by atoms with Gasteiger partial charge in [0.25, 0.3) is 0 Å². The van der Waals surface area contributed by atoms with E-state index in [1.807, 2.05) is 37.2 Å². The summed E-state index contributed by atoms with van der Waals surface area (Å²) in [4.78, 5) is 1.88. The van der Waals surface area contributed by atoms with Gasteiger partial charge in [-0.15, -0.1) is 13.2 Å². The summed E-state index contributed by atoms with van der Waals surface area (Å²) in [6.45, 7) is 1.23. The number of hydrogen-bond donors (Lipinski definition) is 1. The summed E-state index contributed by atoms with van der Waals surface area (Å²) in [6.07, 6.45) is -0.828. The molecule has 4 rings (SSSR count). The zero-order valence-corrected chi connectivity index (χ0v) is 17.0. The molecule has 1 N–H and O–H groups in total. The van der Waals surface area contributed by atoms with Crippen LogP contribution in [0, 0.1) is 0 Å². The van der Waals surface area contributed by atoms with Crippen molar-refractivity contribution in [2.24, 2.45) is 0 Å². The molecule has 160 valence electrons. The van der Waals surface area contributed by atoms with E-state index < -0.39 is 12.0 Å². The van der Waals surface area contributed by atoms with Gasteiger partial charge in [-0.2, -0.15) is 0 Å². The second-order valence-corrected chi connectivity index (χ2v) is 7.94. The van der Waals surface area contributed by atoms with Gasteiger partial charge in [-0.1, -0.05) is 30.3 Å². The summed E-state index contributed by atoms with van der Waals surface area (Å²) in [5, 5.41) is 3.57. The van der Waals surface area contributed by atoms with Crippen LogP contribution in [0.5, 0.6) is 5.75 Å². The van der Waals surface area contributed by atoms with Crippen molar-refractivity contribution in [2.45, 2.75) is 30.8 Å². The maximum absolute atomic E-state index is 12.8. The van der Waals surface area contributed by atoms with Crippen molar-refractivity contribution >= 4 is 11.3 Å². The minimum Gasteiger partial charge on any atom is -0.406 e. The van der Waals surface area contributed by atoms with Crippen LogP contribution in [-0.4, -0.2) is 39.2 Å². The van der Waals surface area contributed by atoms with Gasteiger partial charge in [0.15, 0.2) is 0 Å². The molecule has 2 aliphatic rings. The highest BCUT2D eigenvalue weighted by atomic mass is 19.4. The lowest BCUT2D eigenvalue weighted by Crippen LogP contribution is -2.47. The molecule has 2 aromatic carbocycles. The third-order valence-electron chi connectivity index (χ3n) is 5.66. The molecule has 0 aliphatic carbocycles. The maximum Gasteiger partial charge on any atom is 0.573 e. The van der Waals surface area contributed by atoms with Gasteiger partial charge < -0.3 is 19.7 Å². The lowest BCUT2D eigenvalue weighted by atomic mass is 9.81. The molecule has 7 heteroatoms. The Morgan fingerprint density at radius 1 is 1.13 bits per heavy atom. The van der Waals surface area contributed by atoms with Gasteiger partial charge in [0, 0.05) is 25.3 Å². The lowest BCUT2D eigenvalue weighted by molar-refractivity contribution is -0.274. The predicted octanol–water partition coefficient (Wildman–Crippen LogP) is 4.93. The fourth-order valence-corrected chi connectivity index (χ4v) is 4.39. The number of nitrogens with one attached hydrogen (secondary N) is 1. The number of anilines is 1. The van der Waals surface area contributed by atoms with Crippen molar-refractivity contribution in [3.63, 3.8) is 0 Å². The molecule has 0 bridgehead atoms. The Morgan fingerprint density at radius 2 is 1.90 bits per heavy atom. The molecule has 0 aromatic heterocycles. The number of halogens is 3. The molecule has 2 aromatic rings. The Kier molecular flexibility index (Phi) is 5.51. The summed E-state index contributed by atoms with van der Waals surface area (Å²) in [7, 11) is 3.73. The summed E-state index contributed by atoms with van der Waals surface area (Å²) >= 11 is 0. The Morgan fingerprint density at radius 3 is 2.60 bits per heavy atom. The number of nitrogens with zero attached hydrogens (tertiary/aromatic N) is 1. The van der Waals surface area contributed by atoms with Gasteiger partial charge >= 0.3 is 6.36 Å². The summed E-state index contributed by atoms with van der Waals surface area (Å²) in [5.74, 6) is -0.230. The van der Waals surface area contributed by atoms with E-state index in [1.165, 1.54) is 12.1 Å². The van der Waals surface area contributed by atoms with Crippen molar-refractivity contribution in [1.29, 1.82) is 0 Å². The second-order valence-electron chi connectivity index (χ2n) is 7.94. The SMILES string of the molecule is CN(C)c1ccc(OC(F)(F)F)cc1C1=C[C@@]2(CCCN[C@H]2c2ccccc2)OC1. The number of benzene rings is 2. The van der Waals surface area contributed by atoms with E-state index in [9.17, 15) is 13.2 Å². The molecule has 0 saturated carbocycles. The Labute approximate surface area is 174 Å². The van der Waals surface area contributed by atoms with E-state index in [1.54, 1.807) is 6.07 Å². The zero-order valence-electron chi connectivity index (χ0n) is 17.0. The van der Waals surface area contributed by atoms with Crippen LogP contribution in [0.1, 0.15) is 30.0 Å². The average Bonchev–Trinajstić information content (AvgIpc) is 3.11. The number of piperidine rings is 1. The minimum absolute atomic E-state index is 0.0117. The highest BCUT2D eigenvalue weighted by Gasteiger charge is 2.44. The lowest BCUT2D eigenvalue weighted by Gasteiger charge is -2.40. The topological polar surface area (TPSA) is 33.7 Å². The van der Waals surface area contributed by atoms with Crippen LogP contribution in [0.25, 0.3) is 5.57 Å². The van der Waals surface area contributed by atoms with Crippen molar-refractivity contribution in [3.8, 4) is 5.75 Å². The molecule has 30 heavy (non-hydrogen) atoms. The number of ether oxygens (including phenoxy) is 2. The van der Waals surface area contributed by atoms with E-state index in [2.05, 4.69) is 28.3 Å². The summed E-state index contributed by atoms with van der Waals surface area (Å²) in [6, 6.07) is 14.6. The highest BCUT2D eigenvalue weighted by molar-refractivity contribution is 5.80. The van der Waals surface area contributed by atoms with Crippen LogP contribution in [0.3, 0.4) is 0 Å². The molecule has 1 fully saturated rings. The van der Waals surface area contributed by atoms with Crippen LogP contribution < -0.4 is 15.0 Å². The Hall–Kier alpha value is -2.51. The first-order valence-electron chi connectivity index (χ1n) is 9.99. The molecule has 2 atom stereocenters. The molecule has 0 radical (unpaired) electrons. The quantitative estimate of drug-likeness (QED) is 0.764. The fraction of sp³-hybridized carbons (Fsp3) is 0.391. The molecule has 1 saturated heterocycles. The number of alkyl halides is 3. The van der Waals surface area contributed by atoms with Crippen molar-refractivity contribution in [3.05, 3.63) is 65.7 Å². The second kappa shape index (κ2) is 7.96. The molecule has 1 spiro atoms. The molecule has 4 nitrogen and oxygen atoms in total. The molecule has 2 heterocycles. The van der Waals surface area contributed by atoms with Crippen LogP contribution in [0.4, 0.5) is 18.9 Å². The number of rotatable bonds is 4. The van der Waals surface area contributed by atoms with Crippen molar-refractivity contribution in [1.82, 2.24) is 5.32 Å². The van der Waals surface area contributed by atoms with Gasteiger partial charge in [0.2, 0.25) is 0 Å². The maximum atomic E-state index is 12.8. The average molecular weight is 418 g/mol. The van der Waals surface area contributed by atoms with E-state index in [-0.39, 0.29) is 11.8 Å². The van der Waals surface area contributed by atoms with E-state index in [4.69, 9.17) is 4.74 Å². The third kappa shape index (κ3) is 4.18. The summed E-state index contributed by atoms with van der Waals surface area (Å²) in [5.41, 5.74) is 2.99. The fourth-order valence-electron chi connectivity index (χ4n) is 4.39. The largest absolute Gasteiger partial charge is 0.573 e. The third-order valence-corrected chi connectivity index (χ3v) is 5.66. The Bertz CT molecular complexity index is 928. The predicted molar refractivity (Wildman–Crippen MR) is 111 cm³/mol. The van der Waals surface area contributed by atoms with Crippen LogP contribution in [-0.2, 0) is 4.74 Å². The number of hydrogen-bond acceptors (Lipinski definition) is 4. The standard InChI is InChI=1S/C23H25F3N2O2/c1-28(2)20-10-9-18(30-23(24,25)26)13-19(20)17-14-22(29-15-17)11-6-12-27-21(22)16-7-4-3-5-8-16/h3-5,7-10,13-14,21,27H,6,11-12,15H2,1-2H3/t21-,22+/m0/s1. The smallest absolute Gasteiger partial charge is 0.406 e. The van der Waals surface area contributed by atoms with E-state index >= 15 is 0 Å². The molecular formula is C23H25F3N2O2.